The third-order valence-electron chi connectivity index (χ3n) is 5.96. The van der Waals surface area contributed by atoms with Gasteiger partial charge in [0.05, 0.1) is 16.9 Å². The zero-order valence-electron chi connectivity index (χ0n) is 17.3. The van der Waals surface area contributed by atoms with Crippen LogP contribution in [0.25, 0.3) is 0 Å². The molecule has 2 aliphatic heterocycles. The predicted molar refractivity (Wildman–Crippen MR) is 106 cm³/mol. The Kier molecular flexibility index (Phi) is 6.40. The number of likely N-dealkylation sites (tertiary alicyclic amines) is 2. The number of hydrogen-bond acceptors (Lipinski definition) is 5. The Hall–Kier alpha value is -1.93. The van der Waals surface area contributed by atoms with Crippen LogP contribution in [0.4, 0.5) is 0 Å². The second-order valence-corrected chi connectivity index (χ2v) is 8.42. The van der Waals surface area contributed by atoms with Crippen molar-refractivity contribution in [2.45, 2.75) is 57.6 Å². The molecule has 0 saturated carbocycles. The fourth-order valence-electron chi connectivity index (χ4n) is 4.46. The average Bonchev–Trinajstić information content (AvgIpc) is 2.84. The highest BCUT2D eigenvalue weighted by Gasteiger charge is 2.35. The molecular formula is C20H33N5O3. The van der Waals surface area contributed by atoms with Crippen LogP contribution in [0.1, 0.15) is 55.1 Å². The molecule has 156 valence electrons. The monoisotopic (exact) mass is 391 g/mol. The van der Waals surface area contributed by atoms with E-state index in [0.29, 0.717) is 38.0 Å². The fraction of sp³-hybridized carbons (Fsp3) is 0.750. The smallest absolute Gasteiger partial charge is 0.257 e. The van der Waals surface area contributed by atoms with Crippen molar-refractivity contribution >= 4 is 11.8 Å². The Balaban J connectivity index is 1.53. The van der Waals surface area contributed by atoms with Crippen molar-refractivity contribution in [2.24, 2.45) is 7.05 Å². The molecule has 1 atom stereocenters. The lowest BCUT2D eigenvalue weighted by atomic mass is 9.93. The number of nitrogens with one attached hydrogen (secondary N) is 1. The lowest BCUT2D eigenvalue weighted by molar-refractivity contribution is -0.120. The largest absolute Gasteiger partial charge is 0.388 e. The quantitative estimate of drug-likeness (QED) is 0.788. The molecule has 3 rings (SSSR count). The molecule has 0 bridgehead atoms. The first-order valence-corrected chi connectivity index (χ1v) is 10.3. The van der Waals surface area contributed by atoms with Gasteiger partial charge in [0.1, 0.15) is 0 Å². The molecule has 0 unspecified atom stereocenters. The van der Waals surface area contributed by atoms with Crippen LogP contribution in [0, 0.1) is 6.92 Å². The summed E-state index contributed by atoms with van der Waals surface area (Å²) in [4.78, 5) is 28.2. The summed E-state index contributed by atoms with van der Waals surface area (Å²) in [6, 6.07) is 0.244. The molecule has 2 aliphatic rings. The highest BCUT2D eigenvalue weighted by atomic mass is 16.3. The van der Waals surface area contributed by atoms with Crippen LogP contribution < -0.4 is 5.32 Å². The predicted octanol–water partition coefficient (Wildman–Crippen LogP) is 0.686. The minimum atomic E-state index is -0.764. The van der Waals surface area contributed by atoms with Gasteiger partial charge in [-0.25, -0.2) is 0 Å². The van der Waals surface area contributed by atoms with Crippen molar-refractivity contribution in [1.29, 1.82) is 0 Å². The molecule has 0 aromatic carbocycles. The molecule has 8 heteroatoms. The van der Waals surface area contributed by atoms with Crippen LogP contribution in [0.2, 0.25) is 0 Å². The number of rotatable bonds is 4. The van der Waals surface area contributed by atoms with E-state index in [1.807, 2.05) is 18.9 Å². The third kappa shape index (κ3) is 5.11. The van der Waals surface area contributed by atoms with E-state index in [0.717, 1.165) is 38.0 Å². The molecule has 28 heavy (non-hydrogen) atoms. The summed E-state index contributed by atoms with van der Waals surface area (Å²) in [7, 11) is 1.82. The lowest BCUT2D eigenvalue weighted by Crippen LogP contribution is -2.50. The molecule has 8 nitrogen and oxygen atoms in total. The van der Waals surface area contributed by atoms with Gasteiger partial charge in [0.2, 0.25) is 5.91 Å². The van der Waals surface area contributed by atoms with Crippen molar-refractivity contribution < 1.29 is 14.7 Å². The van der Waals surface area contributed by atoms with E-state index < -0.39 is 5.60 Å². The highest BCUT2D eigenvalue weighted by molar-refractivity contribution is 5.95. The summed E-state index contributed by atoms with van der Waals surface area (Å²) in [5.74, 6) is 0.0282. The molecule has 2 saturated heterocycles. The number of carbonyl (C=O) groups is 2. The summed E-state index contributed by atoms with van der Waals surface area (Å²) < 4.78 is 1.67. The van der Waals surface area contributed by atoms with Gasteiger partial charge in [-0.1, -0.05) is 0 Å². The maximum atomic E-state index is 12.9. The standard InChI is InChI=1S/C20H33N5O3/c1-15-18(13-23(3)22-15)19(27)25-9-4-7-20(28,8-12-25)14-24-10-5-17(6-11-24)21-16(2)26/h13,17,28H,4-12,14H2,1-3H3,(H,21,26)/t20-/m0/s1. The molecule has 2 N–H and O–H groups in total. The van der Waals surface area contributed by atoms with Crippen LogP contribution in [-0.2, 0) is 11.8 Å². The number of aryl methyl sites for hydroxylation is 2. The molecule has 0 spiro atoms. The maximum Gasteiger partial charge on any atom is 0.257 e. The van der Waals surface area contributed by atoms with Crippen LogP contribution >= 0.6 is 0 Å². The first-order chi connectivity index (χ1) is 13.3. The van der Waals surface area contributed by atoms with Crippen molar-refractivity contribution in [3.8, 4) is 0 Å². The first-order valence-electron chi connectivity index (χ1n) is 10.3. The van der Waals surface area contributed by atoms with Gasteiger partial charge in [-0.3, -0.25) is 14.3 Å². The second-order valence-electron chi connectivity index (χ2n) is 8.42. The summed E-state index contributed by atoms with van der Waals surface area (Å²) in [5, 5.41) is 18.4. The normalized spacial score (nSPS) is 24.8. The lowest BCUT2D eigenvalue weighted by Gasteiger charge is -2.38. The Morgan fingerprint density at radius 3 is 2.57 bits per heavy atom. The molecule has 0 aliphatic carbocycles. The van der Waals surface area contributed by atoms with E-state index in [4.69, 9.17) is 0 Å². The van der Waals surface area contributed by atoms with E-state index >= 15 is 0 Å². The van der Waals surface area contributed by atoms with Gasteiger partial charge < -0.3 is 20.2 Å². The number of carbonyl (C=O) groups excluding carboxylic acids is 2. The number of β-amino-alcohol motifs (C(OH)–C–C–N with tert-alkyl or cyclic N) is 1. The van der Waals surface area contributed by atoms with Crippen LogP contribution in [0.3, 0.4) is 0 Å². The number of piperidine rings is 1. The topological polar surface area (TPSA) is 90.7 Å². The SMILES string of the molecule is CC(=O)NC1CCN(C[C@]2(O)CCCN(C(=O)c3cn(C)nc3C)CC2)CC1. The third-order valence-corrected chi connectivity index (χ3v) is 5.96. The first kappa shape index (κ1) is 20.8. The Labute approximate surface area is 166 Å². The van der Waals surface area contributed by atoms with Crippen molar-refractivity contribution in [2.75, 3.05) is 32.7 Å². The van der Waals surface area contributed by atoms with Gasteiger partial charge in [-0.2, -0.15) is 5.10 Å². The highest BCUT2D eigenvalue weighted by Crippen LogP contribution is 2.26. The number of nitrogens with zero attached hydrogens (tertiary/aromatic N) is 4. The van der Waals surface area contributed by atoms with Crippen molar-refractivity contribution in [1.82, 2.24) is 24.9 Å². The minimum absolute atomic E-state index is 0.00553. The summed E-state index contributed by atoms with van der Waals surface area (Å²) in [6.07, 6.45) is 5.69. The number of hydrogen-bond donors (Lipinski definition) is 2. The molecule has 3 heterocycles. The number of aromatic nitrogens is 2. The van der Waals surface area contributed by atoms with Crippen LogP contribution in [-0.4, -0.2) is 80.9 Å². The average molecular weight is 392 g/mol. The maximum absolute atomic E-state index is 12.9. The summed E-state index contributed by atoms with van der Waals surface area (Å²) in [5.41, 5.74) is 0.627. The molecule has 2 fully saturated rings. The molecule has 0 radical (unpaired) electrons. The second kappa shape index (κ2) is 8.61. The molecule has 2 amide bonds. The zero-order valence-corrected chi connectivity index (χ0v) is 17.3. The van der Waals surface area contributed by atoms with Crippen LogP contribution in [0.5, 0.6) is 0 Å². The van der Waals surface area contributed by atoms with Gasteiger partial charge in [0.15, 0.2) is 0 Å². The Bertz CT molecular complexity index is 711. The van der Waals surface area contributed by atoms with Gasteiger partial charge in [0, 0.05) is 58.9 Å². The van der Waals surface area contributed by atoms with Crippen molar-refractivity contribution in [3.05, 3.63) is 17.5 Å². The number of amides is 2. The van der Waals surface area contributed by atoms with E-state index in [-0.39, 0.29) is 17.9 Å². The Morgan fingerprint density at radius 1 is 1.25 bits per heavy atom. The Morgan fingerprint density at radius 2 is 1.96 bits per heavy atom. The van der Waals surface area contributed by atoms with E-state index in [1.165, 1.54) is 0 Å². The van der Waals surface area contributed by atoms with Gasteiger partial charge in [-0.05, 0) is 39.0 Å². The number of aliphatic hydroxyl groups is 1. The summed E-state index contributed by atoms with van der Waals surface area (Å²) in [6.45, 7) is 7.03. The van der Waals surface area contributed by atoms with Crippen molar-refractivity contribution in [3.63, 3.8) is 0 Å². The molecule has 1 aromatic rings. The van der Waals surface area contributed by atoms with E-state index in [9.17, 15) is 14.7 Å². The van der Waals surface area contributed by atoms with E-state index in [1.54, 1.807) is 17.8 Å². The fourth-order valence-corrected chi connectivity index (χ4v) is 4.46. The molecular weight excluding hydrogens is 358 g/mol. The van der Waals surface area contributed by atoms with E-state index in [2.05, 4.69) is 15.3 Å². The van der Waals surface area contributed by atoms with Gasteiger partial charge in [-0.15, -0.1) is 0 Å². The minimum Gasteiger partial charge on any atom is -0.388 e. The van der Waals surface area contributed by atoms with Gasteiger partial charge in [0.25, 0.3) is 5.91 Å². The van der Waals surface area contributed by atoms with Crippen LogP contribution in [0.15, 0.2) is 6.20 Å². The van der Waals surface area contributed by atoms with Gasteiger partial charge >= 0.3 is 0 Å². The zero-order chi connectivity index (χ0) is 20.3. The summed E-state index contributed by atoms with van der Waals surface area (Å²) >= 11 is 0. The molecule has 1 aromatic heterocycles.